The first-order valence-electron chi connectivity index (χ1n) is 10.9. The molecule has 2 saturated heterocycles. The Morgan fingerprint density at radius 1 is 1.10 bits per heavy atom. The molecule has 0 saturated carbocycles. The molecule has 2 fully saturated rings. The lowest BCUT2D eigenvalue weighted by molar-refractivity contribution is -0.237. The van der Waals surface area contributed by atoms with Crippen LogP contribution >= 0.6 is 15.6 Å². The van der Waals surface area contributed by atoms with Gasteiger partial charge in [0.05, 0.1) is 19.5 Å². The van der Waals surface area contributed by atoms with Crippen molar-refractivity contribution in [1.82, 2.24) is 19.5 Å². The Kier molecular flexibility index (Phi) is 8.34. The first-order chi connectivity index (χ1) is 18.1. The molecule has 4 rings (SSSR count). The average Bonchev–Trinajstić information content (AvgIpc) is 3.46. The van der Waals surface area contributed by atoms with Gasteiger partial charge >= 0.3 is 15.6 Å². The number of nitrogens with one attached hydrogen (secondary N) is 1. The van der Waals surface area contributed by atoms with Crippen molar-refractivity contribution in [1.29, 1.82) is 0 Å². The molecule has 220 valence electrons. The van der Waals surface area contributed by atoms with E-state index in [1.165, 1.54) is 0 Å². The Morgan fingerprint density at radius 2 is 1.79 bits per heavy atom. The molecule has 2 aromatic rings. The molecular weight excluding hydrogens is 580 g/mol. The number of phosphoric acid groups is 2. The van der Waals surface area contributed by atoms with Crippen molar-refractivity contribution in [2.75, 3.05) is 25.6 Å². The number of imidazole rings is 1. The van der Waals surface area contributed by atoms with E-state index in [0.29, 0.717) is 0 Å². The third-order valence-electron chi connectivity index (χ3n) is 5.85. The average molecular weight is 605 g/mol. The van der Waals surface area contributed by atoms with E-state index in [9.17, 15) is 49.2 Å². The number of aromatic nitrogens is 4. The van der Waals surface area contributed by atoms with Crippen LogP contribution in [0.25, 0.3) is 11.2 Å². The lowest BCUT2D eigenvalue weighted by Crippen LogP contribution is -2.48. The topological polar surface area (TPSA) is 332 Å². The first-order valence-corrected chi connectivity index (χ1v) is 13.8. The summed E-state index contributed by atoms with van der Waals surface area (Å²) in [6, 6.07) is 0. The number of hydrogen-bond acceptors (Lipinski definition) is 17. The van der Waals surface area contributed by atoms with Gasteiger partial charge in [-0.15, -0.1) is 0 Å². The van der Waals surface area contributed by atoms with Crippen molar-refractivity contribution in [3.8, 4) is 0 Å². The minimum atomic E-state index is -5.72. The van der Waals surface area contributed by atoms with Crippen LogP contribution in [0.3, 0.4) is 0 Å². The zero-order chi connectivity index (χ0) is 28.9. The molecule has 2 aromatic heterocycles. The second kappa shape index (κ2) is 10.8. The molecule has 11 N–H and O–H groups in total. The molecule has 2 aliphatic rings. The van der Waals surface area contributed by atoms with Crippen LogP contribution in [-0.4, -0.2) is 122 Å². The summed E-state index contributed by atoms with van der Waals surface area (Å²) in [5.41, 5.74) is 4.53. The number of aliphatic hydroxyl groups is 6. The molecule has 0 spiro atoms. The monoisotopic (exact) mass is 605 g/mol. The quantitative estimate of drug-likeness (QED) is 0.114. The first kappa shape index (κ1) is 30.1. The fourth-order valence-electron chi connectivity index (χ4n) is 4.00. The Labute approximate surface area is 216 Å². The lowest BCUT2D eigenvalue weighted by atomic mass is 10.1. The van der Waals surface area contributed by atoms with E-state index < -0.39 is 89.7 Å². The molecule has 2 unspecified atom stereocenters. The third-order valence-corrected chi connectivity index (χ3v) is 8.51. The van der Waals surface area contributed by atoms with E-state index in [1.54, 1.807) is 0 Å². The van der Waals surface area contributed by atoms with Crippen molar-refractivity contribution in [2.24, 2.45) is 0 Å². The van der Waals surface area contributed by atoms with Gasteiger partial charge in [-0.1, -0.05) is 0 Å². The highest BCUT2D eigenvalue weighted by Crippen LogP contribution is 2.63. The smallest absolute Gasteiger partial charge is 0.394 e. The lowest BCUT2D eigenvalue weighted by Gasteiger charge is -2.31. The second-order valence-electron chi connectivity index (χ2n) is 8.47. The maximum atomic E-state index is 12.4. The van der Waals surface area contributed by atoms with Gasteiger partial charge in [-0.05, 0) is 0 Å². The maximum absolute atomic E-state index is 12.4. The highest BCUT2D eigenvalue weighted by Gasteiger charge is 2.59. The number of H-pyrrole nitrogens is 1. The summed E-state index contributed by atoms with van der Waals surface area (Å²) >= 11 is 0. The fraction of sp³-hybridized carbons (Fsp3) is 0.688. The molecule has 0 radical (unpaired) electrons. The molecule has 4 heterocycles. The summed E-state index contributed by atoms with van der Waals surface area (Å²) in [5.74, 6) is -3.11. The number of rotatable bonds is 10. The fourth-order valence-corrected chi connectivity index (χ4v) is 6.30. The minimum absolute atomic E-state index is 0.119. The van der Waals surface area contributed by atoms with Crippen LogP contribution in [0, 0.1) is 0 Å². The van der Waals surface area contributed by atoms with E-state index in [-0.39, 0.29) is 17.1 Å². The zero-order valence-electron chi connectivity index (χ0n) is 19.4. The van der Waals surface area contributed by atoms with E-state index in [4.69, 9.17) is 20.3 Å². The number of nitrogens with two attached hydrogens (primary N) is 1. The number of fused-ring (bicyclic) bond motifs is 1. The van der Waals surface area contributed by atoms with Gasteiger partial charge in [-0.2, -0.15) is 9.29 Å². The predicted octanol–water partition coefficient (Wildman–Crippen LogP) is -4.63. The van der Waals surface area contributed by atoms with Crippen molar-refractivity contribution < 1.29 is 72.4 Å². The summed E-state index contributed by atoms with van der Waals surface area (Å²) in [6.45, 7) is -3.27. The molecule has 0 aromatic carbocycles. The molecular formula is C16H25N5O16P2. The van der Waals surface area contributed by atoms with Crippen LogP contribution in [0.15, 0.2) is 11.1 Å². The van der Waals surface area contributed by atoms with Crippen LogP contribution in [0.1, 0.15) is 6.23 Å². The highest BCUT2D eigenvalue weighted by molar-refractivity contribution is 7.61. The van der Waals surface area contributed by atoms with E-state index in [0.717, 1.165) is 10.9 Å². The summed E-state index contributed by atoms with van der Waals surface area (Å²) in [6.07, 6.45) is -11.0. The molecule has 21 nitrogen and oxygen atoms in total. The number of hydrogen-bond donors (Lipinski definition) is 10. The molecule has 10 atom stereocenters. The summed E-state index contributed by atoms with van der Waals surface area (Å²) in [4.78, 5) is 41.8. The van der Waals surface area contributed by atoms with Gasteiger partial charge in [0.1, 0.15) is 43.2 Å². The van der Waals surface area contributed by atoms with Crippen LogP contribution in [-0.2, 0) is 32.0 Å². The largest absolute Gasteiger partial charge is 0.483 e. The normalized spacial score (nSPS) is 36.3. The number of anilines is 1. The molecule has 39 heavy (non-hydrogen) atoms. The zero-order valence-corrected chi connectivity index (χ0v) is 21.2. The molecule has 0 bridgehead atoms. The van der Waals surface area contributed by atoms with Crippen LogP contribution in [0.2, 0.25) is 0 Å². The molecule has 0 aliphatic carbocycles. The van der Waals surface area contributed by atoms with Crippen molar-refractivity contribution in [2.45, 2.75) is 48.6 Å². The number of phosphoric ester groups is 2. The Morgan fingerprint density at radius 3 is 2.41 bits per heavy atom. The predicted molar refractivity (Wildman–Crippen MR) is 120 cm³/mol. The summed E-state index contributed by atoms with van der Waals surface area (Å²) in [5, 5.41) is 59.3. The van der Waals surface area contributed by atoms with Crippen molar-refractivity contribution in [3.63, 3.8) is 0 Å². The molecule has 2 aliphatic heterocycles. The Bertz CT molecular complexity index is 1360. The van der Waals surface area contributed by atoms with Gasteiger partial charge in [0.25, 0.3) is 5.56 Å². The number of aliphatic hydroxyl groups excluding tert-OH is 6. The Balaban J connectivity index is 1.43. The molecule has 23 heteroatoms. The molecule has 0 amide bonds. The van der Waals surface area contributed by atoms with E-state index >= 15 is 0 Å². The summed E-state index contributed by atoms with van der Waals surface area (Å²) in [7, 11) is -11.3. The van der Waals surface area contributed by atoms with Crippen LogP contribution in [0.5, 0.6) is 0 Å². The van der Waals surface area contributed by atoms with Gasteiger partial charge in [-0.25, -0.2) is 18.6 Å². The van der Waals surface area contributed by atoms with Gasteiger partial charge in [-0.3, -0.25) is 18.9 Å². The van der Waals surface area contributed by atoms with E-state index in [2.05, 4.69) is 28.3 Å². The third kappa shape index (κ3) is 5.79. The van der Waals surface area contributed by atoms with Crippen LogP contribution in [0.4, 0.5) is 5.95 Å². The highest BCUT2D eigenvalue weighted by atomic mass is 31.3. The van der Waals surface area contributed by atoms with E-state index in [1.807, 2.05) is 0 Å². The summed E-state index contributed by atoms with van der Waals surface area (Å²) < 4.78 is 49.4. The van der Waals surface area contributed by atoms with Gasteiger partial charge in [0.15, 0.2) is 17.4 Å². The van der Waals surface area contributed by atoms with Crippen molar-refractivity contribution in [3.05, 3.63) is 16.7 Å². The number of ether oxygens (including phenoxy) is 2. The SMILES string of the molecule is Nc1nc2c(ncn2[C@@H]2O[C@H](COP(=O)(O)OP(=O)(O)O[C@@]3(CO)O[C@H](CO)[C@@H](O)[C@@H]3O)[C@@H](O)[C@H]2O)c(=O)[nH]1. The standard InChI is InChI=1S/C16H25N5O16P2/c17-15-19-12-7(13(28)20-15)18-4-21(12)14-10(26)8(24)6(34-14)2-33-38(29,30)37-39(31,32)36-16(3-23)11(27)9(25)5(1-22)35-16/h4-6,8-11,14,22-27H,1-3H2,(H,29,30)(H,31,32)(H3,17,19,20,28)/t5-,6-,8-,9-,10-,11+,14-,16-/m1/s1. The number of nitrogens with zero attached hydrogens (tertiary/aromatic N) is 3. The second-order valence-corrected chi connectivity index (χ2v) is 11.4. The number of aromatic amines is 1. The van der Waals surface area contributed by atoms with Crippen LogP contribution < -0.4 is 11.3 Å². The van der Waals surface area contributed by atoms with Gasteiger partial charge < -0.3 is 55.6 Å². The van der Waals surface area contributed by atoms with Gasteiger partial charge in [0.2, 0.25) is 11.7 Å². The number of nitrogen functional groups attached to an aromatic ring is 1. The minimum Gasteiger partial charge on any atom is -0.394 e. The van der Waals surface area contributed by atoms with Crippen molar-refractivity contribution >= 4 is 32.8 Å². The van der Waals surface area contributed by atoms with Gasteiger partial charge in [0, 0.05) is 0 Å². The maximum Gasteiger partial charge on any atom is 0.483 e. The Hall–Kier alpha value is -1.91.